The third kappa shape index (κ3) is 12.1. The second kappa shape index (κ2) is 18.4. The number of aliphatic hydroxyl groups is 1. The Labute approximate surface area is 273 Å². The molecule has 2 rings (SSSR count). The van der Waals surface area contributed by atoms with Crippen LogP contribution in [0, 0.1) is 11.8 Å². The number of rotatable bonds is 18. The summed E-state index contributed by atoms with van der Waals surface area (Å²) in [6.07, 6.45) is -1.74. The quantitative estimate of drug-likeness (QED) is 0.114. The van der Waals surface area contributed by atoms with Crippen LogP contribution in [0.25, 0.3) is 0 Å². The molecule has 14 nitrogen and oxygen atoms in total. The summed E-state index contributed by atoms with van der Waals surface area (Å²) in [6.45, 7) is 6.92. The molecule has 0 aliphatic heterocycles. The minimum absolute atomic E-state index is 0.0381. The molecule has 0 saturated carbocycles. The lowest BCUT2D eigenvalue weighted by molar-refractivity contribution is -0.137. The predicted octanol–water partition coefficient (Wildman–Crippen LogP) is 1.28. The average molecular weight is 656 g/mol. The van der Waals surface area contributed by atoms with Crippen LogP contribution in [-0.2, 0) is 30.4 Å². The molecule has 14 heteroatoms. The number of aliphatic hydroxyl groups excluding tert-OH is 1. The molecule has 2 aromatic rings. The molecule has 0 heterocycles. The Morgan fingerprint density at radius 2 is 1.40 bits per heavy atom. The Balaban J connectivity index is 2.28. The van der Waals surface area contributed by atoms with Gasteiger partial charge in [-0.25, -0.2) is 4.79 Å². The van der Waals surface area contributed by atoms with Crippen LogP contribution in [0.5, 0.6) is 0 Å². The molecule has 0 unspecified atom stereocenters. The van der Waals surface area contributed by atoms with Gasteiger partial charge in [-0.15, -0.1) is 0 Å². The molecule has 47 heavy (non-hydrogen) atoms. The van der Waals surface area contributed by atoms with E-state index >= 15 is 0 Å². The van der Waals surface area contributed by atoms with E-state index in [1.54, 1.807) is 51.1 Å². The molecule has 9 N–H and O–H groups in total. The number of aromatic carboxylic acids is 1. The van der Waals surface area contributed by atoms with Crippen molar-refractivity contribution in [2.75, 3.05) is 5.32 Å². The summed E-state index contributed by atoms with van der Waals surface area (Å²) in [5.74, 6) is -6.11. The predicted molar refractivity (Wildman–Crippen MR) is 173 cm³/mol. The van der Waals surface area contributed by atoms with Gasteiger partial charge in [0, 0.05) is 12.1 Å². The van der Waals surface area contributed by atoms with Crippen molar-refractivity contribution in [2.45, 2.75) is 83.6 Å². The van der Waals surface area contributed by atoms with Gasteiger partial charge in [0.15, 0.2) is 6.10 Å². The van der Waals surface area contributed by atoms with Gasteiger partial charge in [-0.2, -0.15) is 0 Å². The Bertz CT molecular complexity index is 1400. The molecule has 0 aromatic heterocycles. The minimum atomic E-state index is -1.78. The first-order valence-corrected chi connectivity index (χ1v) is 15.4. The highest BCUT2D eigenvalue weighted by Gasteiger charge is 2.35. The zero-order valence-electron chi connectivity index (χ0n) is 26.9. The molecule has 2 aromatic carbocycles. The highest BCUT2D eigenvalue weighted by Crippen LogP contribution is 2.15. The van der Waals surface area contributed by atoms with Crippen LogP contribution < -0.4 is 27.0 Å². The Morgan fingerprint density at radius 3 is 1.98 bits per heavy atom. The van der Waals surface area contributed by atoms with E-state index in [9.17, 15) is 39.0 Å². The van der Waals surface area contributed by atoms with Crippen molar-refractivity contribution in [3.05, 3.63) is 65.7 Å². The minimum Gasteiger partial charge on any atom is -0.481 e. The molecule has 0 saturated heterocycles. The molecule has 256 valence electrons. The molecule has 0 fully saturated rings. The SMILES string of the molecule is CC[C@H](C)[C@H](NC(=O)[C@@H](NC(=O)[C@@H](N)CCC(=O)O)C(C)C)C(=O)N[C@@H](Cc1ccccc1)[C@@H](O)C(=O)Nc1cccc(C(=O)O)c1. The molecule has 4 amide bonds. The van der Waals surface area contributed by atoms with E-state index in [-0.39, 0.29) is 30.5 Å². The number of anilines is 1. The fourth-order valence-electron chi connectivity index (χ4n) is 4.66. The summed E-state index contributed by atoms with van der Waals surface area (Å²) in [7, 11) is 0. The molecular formula is C33H45N5O9. The van der Waals surface area contributed by atoms with Crippen LogP contribution in [0.1, 0.15) is 62.9 Å². The van der Waals surface area contributed by atoms with Gasteiger partial charge in [0.05, 0.1) is 17.6 Å². The maximum absolute atomic E-state index is 13.8. The van der Waals surface area contributed by atoms with Crippen LogP contribution in [-0.4, -0.2) is 81.2 Å². The number of amides is 4. The number of benzene rings is 2. The highest BCUT2D eigenvalue weighted by molar-refractivity contribution is 5.97. The summed E-state index contributed by atoms with van der Waals surface area (Å²) in [6, 6.07) is 9.72. The van der Waals surface area contributed by atoms with Crippen molar-refractivity contribution in [3.8, 4) is 0 Å². The third-order valence-corrected chi connectivity index (χ3v) is 7.70. The Kier molecular flexibility index (Phi) is 15.0. The number of hydrogen-bond acceptors (Lipinski definition) is 8. The first-order valence-electron chi connectivity index (χ1n) is 15.4. The standard InChI is InChI=1S/C33H45N5O9/c1-5-19(4)27(38-30(43)26(18(2)3)37-29(42)23(34)14-15-25(39)40)31(44)36-24(16-20-10-7-6-8-11-20)28(41)32(45)35-22-13-9-12-21(17-22)33(46)47/h6-13,17-19,23-24,26-28,41H,5,14-16,34H2,1-4H3,(H,35,45)(H,36,44)(H,37,42)(H,38,43)(H,39,40)(H,46,47)/t19-,23-,24-,26-,27-,28+/m0/s1. The van der Waals surface area contributed by atoms with Crippen LogP contribution in [0.4, 0.5) is 5.69 Å². The highest BCUT2D eigenvalue weighted by atomic mass is 16.4. The van der Waals surface area contributed by atoms with Gasteiger partial charge in [-0.1, -0.05) is 70.5 Å². The lowest BCUT2D eigenvalue weighted by Crippen LogP contribution is -2.60. The summed E-state index contributed by atoms with van der Waals surface area (Å²) < 4.78 is 0. The fraction of sp³-hybridized carbons (Fsp3) is 0.455. The lowest BCUT2D eigenvalue weighted by Gasteiger charge is -2.31. The van der Waals surface area contributed by atoms with Gasteiger partial charge in [0.2, 0.25) is 17.7 Å². The number of hydrogen-bond donors (Lipinski definition) is 8. The number of carboxylic acid groups (broad SMARTS) is 2. The number of nitrogens with one attached hydrogen (secondary N) is 4. The normalized spacial score (nSPS) is 14.9. The first kappa shape index (κ1) is 38.4. The van der Waals surface area contributed by atoms with Crippen molar-refractivity contribution >= 4 is 41.3 Å². The molecular weight excluding hydrogens is 610 g/mol. The van der Waals surface area contributed by atoms with Gasteiger partial charge in [0.25, 0.3) is 5.91 Å². The van der Waals surface area contributed by atoms with Crippen molar-refractivity contribution in [2.24, 2.45) is 17.6 Å². The zero-order valence-corrected chi connectivity index (χ0v) is 26.9. The van der Waals surface area contributed by atoms with Gasteiger partial charge in [0.1, 0.15) is 12.1 Å². The zero-order chi connectivity index (χ0) is 35.3. The lowest BCUT2D eigenvalue weighted by atomic mass is 9.94. The van der Waals surface area contributed by atoms with E-state index in [0.29, 0.717) is 12.0 Å². The third-order valence-electron chi connectivity index (χ3n) is 7.70. The molecule has 0 aliphatic rings. The van der Waals surface area contributed by atoms with Crippen molar-refractivity contribution in [1.82, 2.24) is 16.0 Å². The van der Waals surface area contributed by atoms with Crippen molar-refractivity contribution in [1.29, 1.82) is 0 Å². The van der Waals surface area contributed by atoms with Gasteiger partial charge >= 0.3 is 11.9 Å². The molecule has 0 spiro atoms. The van der Waals surface area contributed by atoms with Gasteiger partial charge < -0.3 is 42.3 Å². The second-order valence-electron chi connectivity index (χ2n) is 11.8. The molecule has 0 bridgehead atoms. The number of carbonyl (C=O) groups is 6. The average Bonchev–Trinajstić information content (AvgIpc) is 3.03. The summed E-state index contributed by atoms with van der Waals surface area (Å²) in [5, 5.41) is 39.8. The van der Waals surface area contributed by atoms with E-state index in [1.165, 1.54) is 24.3 Å². The van der Waals surface area contributed by atoms with E-state index in [1.807, 2.05) is 6.92 Å². The largest absolute Gasteiger partial charge is 0.481 e. The number of aliphatic carboxylic acids is 1. The van der Waals surface area contributed by atoms with E-state index in [4.69, 9.17) is 10.8 Å². The van der Waals surface area contributed by atoms with Crippen LogP contribution >= 0.6 is 0 Å². The molecule has 0 aliphatic carbocycles. The van der Waals surface area contributed by atoms with Crippen molar-refractivity contribution in [3.63, 3.8) is 0 Å². The molecule has 6 atom stereocenters. The van der Waals surface area contributed by atoms with E-state index < -0.39 is 77.7 Å². The molecule has 0 radical (unpaired) electrons. The van der Waals surface area contributed by atoms with Crippen LogP contribution in [0.3, 0.4) is 0 Å². The smallest absolute Gasteiger partial charge is 0.335 e. The monoisotopic (exact) mass is 655 g/mol. The van der Waals surface area contributed by atoms with E-state index in [2.05, 4.69) is 21.3 Å². The maximum atomic E-state index is 13.8. The second-order valence-corrected chi connectivity index (χ2v) is 11.8. The van der Waals surface area contributed by atoms with Crippen LogP contribution in [0.2, 0.25) is 0 Å². The number of nitrogens with two attached hydrogens (primary N) is 1. The summed E-state index contributed by atoms with van der Waals surface area (Å²) in [5.41, 5.74) is 6.58. The number of carbonyl (C=O) groups excluding carboxylic acids is 4. The van der Waals surface area contributed by atoms with Gasteiger partial charge in [-0.3, -0.25) is 24.0 Å². The Hall–Kier alpha value is -4.82. The fourth-order valence-corrected chi connectivity index (χ4v) is 4.66. The summed E-state index contributed by atoms with van der Waals surface area (Å²) >= 11 is 0. The number of carboxylic acids is 2. The van der Waals surface area contributed by atoms with E-state index in [0.717, 1.165) is 0 Å². The topological polar surface area (TPSA) is 237 Å². The first-order chi connectivity index (χ1) is 22.1. The Morgan fingerprint density at radius 1 is 0.787 bits per heavy atom. The summed E-state index contributed by atoms with van der Waals surface area (Å²) in [4.78, 5) is 75.2. The van der Waals surface area contributed by atoms with Gasteiger partial charge in [-0.05, 0) is 48.4 Å². The maximum Gasteiger partial charge on any atom is 0.335 e. The van der Waals surface area contributed by atoms with Crippen LogP contribution in [0.15, 0.2) is 54.6 Å². The van der Waals surface area contributed by atoms with Crippen molar-refractivity contribution < 1.29 is 44.1 Å².